The Morgan fingerprint density at radius 2 is 2.14 bits per heavy atom. The summed E-state index contributed by atoms with van der Waals surface area (Å²) in [5.41, 5.74) is 0. The second-order valence-corrected chi connectivity index (χ2v) is 4.26. The van der Waals surface area contributed by atoms with Gasteiger partial charge in [0.2, 0.25) is 0 Å². The molecule has 1 saturated heterocycles. The summed E-state index contributed by atoms with van der Waals surface area (Å²) in [6.07, 6.45) is -3.39. The maximum Gasteiger partial charge on any atom is 0.186 e. The summed E-state index contributed by atoms with van der Waals surface area (Å²) in [6, 6.07) is 0. The number of aliphatic hydroxyl groups is 2. The molecule has 5 nitrogen and oxygen atoms in total. The highest BCUT2D eigenvalue weighted by Gasteiger charge is 2.42. The van der Waals surface area contributed by atoms with Crippen LogP contribution in [0.25, 0.3) is 0 Å². The van der Waals surface area contributed by atoms with Gasteiger partial charge in [0.25, 0.3) is 0 Å². The number of thioether (sulfide) groups is 1. The molecule has 0 radical (unpaired) electrons. The largest absolute Gasteiger partial charge is 0.387 e. The predicted molar refractivity (Wildman–Crippen MR) is 50.8 cm³/mol. The average Bonchev–Trinajstić information content (AvgIpc) is 2.41. The lowest BCUT2D eigenvalue weighted by Crippen LogP contribution is -2.33. The Labute approximate surface area is 86.4 Å². The van der Waals surface area contributed by atoms with Crippen molar-refractivity contribution in [3.63, 3.8) is 0 Å². The van der Waals surface area contributed by atoms with Crippen LogP contribution in [0.3, 0.4) is 0 Å². The SMILES string of the molecule is CO[C@@H]1O[C@@H](CSC(C)=O)[C@H](O)[C@H]1O. The third kappa shape index (κ3) is 2.68. The van der Waals surface area contributed by atoms with Gasteiger partial charge in [-0.3, -0.25) is 4.79 Å². The lowest BCUT2D eigenvalue weighted by molar-refractivity contribution is -0.145. The zero-order valence-electron chi connectivity index (χ0n) is 8.04. The van der Waals surface area contributed by atoms with Gasteiger partial charge in [-0.1, -0.05) is 11.8 Å². The van der Waals surface area contributed by atoms with Crippen LogP contribution < -0.4 is 0 Å². The van der Waals surface area contributed by atoms with E-state index in [0.717, 1.165) is 11.8 Å². The first-order valence-corrected chi connectivity index (χ1v) is 5.22. The first-order valence-electron chi connectivity index (χ1n) is 4.24. The van der Waals surface area contributed by atoms with E-state index in [1.165, 1.54) is 14.0 Å². The molecule has 0 bridgehead atoms. The third-order valence-electron chi connectivity index (χ3n) is 2.00. The molecule has 1 aliphatic rings. The molecule has 0 aromatic rings. The van der Waals surface area contributed by atoms with Crippen molar-refractivity contribution in [3.05, 3.63) is 0 Å². The molecule has 0 amide bonds. The fourth-order valence-corrected chi connectivity index (χ4v) is 1.92. The van der Waals surface area contributed by atoms with Gasteiger partial charge in [-0.05, 0) is 0 Å². The van der Waals surface area contributed by atoms with Crippen molar-refractivity contribution in [2.24, 2.45) is 0 Å². The average molecular weight is 222 g/mol. The number of ether oxygens (including phenoxy) is 2. The smallest absolute Gasteiger partial charge is 0.186 e. The molecule has 1 rings (SSSR count). The predicted octanol–water partition coefficient (Wildman–Crippen LogP) is -0.641. The summed E-state index contributed by atoms with van der Waals surface area (Å²) < 4.78 is 9.99. The number of hydrogen-bond donors (Lipinski definition) is 2. The first-order chi connectivity index (χ1) is 6.56. The zero-order chi connectivity index (χ0) is 10.7. The highest BCUT2D eigenvalue weighted by Crippen LogP contribution is 2.24. The van der Waals surface area contributed by atoms with Gasteiger partial charge >= 0.3 is 0 Å². The van der Waals surface area contributed by atoms with E-state index in [4.69, 9.17) is 9.47 Å². The Balaban J connectivity index is 2.44. The van der Waals surface area contributed by atoms with Gasteiger partial charge in [0.1, 0.15) is 12.2 Å². The fourth-order valence-electron chi connectivity index (χ4n) is 1.25. The van der Waals surface area contributed by atoms with E-state index in [9.17, 15) is 15.0 Å². The quantitative estimate of drug-likeness (QED) is 0.661. The lowest BCUT2D eigenvalue weighted by Gasteiger charge is -2.12. The van der Waals surface area contributed by atoms with Crippen LogP contribution in [-0.2, 0) is 14.3 Å². The Hall–Kier alpha value is -0.140. The molecular formula is C8H14O5S. The van der Waals surface area contributed by atoms with Crippen molar-refractivity contribution in [2.45, 2.75) is 31.5 Å². The number of carbonyl (C=O) groups is 1. The normalized spacial score (nSPS) is 37.4. The van der Waals surface area contributed by atoms with E-state index in [-0.39, 0.29) is 5.12 Å². The van der Waals surface area contributed by atoms with Crippen LogP contribution in [0.15, 0.2) is 0 Å². The number of carbonyl (C=O) groups excluding carboxylic acids is 1. The molecule has 4 atom stereocenters. The van der Waals surface area contributed by atoms with Crippen LogP contribution in [0.1, 0.15) is 6.92 Å². The second kappa shape index (κ2) is 5.09. The number of aliphatic hydroxyl groups excluding tert-OH is 2. The van der Waals surface area contributed by atoms with Gasteiger partial charge in [0, 0.05) is 19.8 Å². The minimum Gasteiger partial charge on any atom is -0.387 e. The molecule has 0 spiro atoms. The van der Waals surface area contributed by atoms with Gasteiger partial charge in [0.15, 0.2) is 11.4 Å². The Morgan fingerprint density at radius 3 is 2.57 bits per heavy atom. The number of hydrogen-bond acceptors (Lipinski definition) is 6. The topological polar surface area (TPSA) is 76.0 Å². The van der Waals surface area contributed by atoms with Gasteiger partial charge in [-0.25, -0.2) is 0 Å². The van der Waals surface area contributed by atoms with E-state index in [0.29, 0.717) is 5.75 Å². The van der Waals surface area contributed by atoms with Gasteiger partial charge in [-0.2, -0.15) is 0 Å². The summed E-state index contributed by atoms with van der Waals surface area (Å²) in [5.74, 6) is 0.327. The molecule has 6 heteroatoms. The van der Waals surface area contributed by atoms with E-state index in [1.807, 2.05) is 0 Å². The van der Waals surface area contributed by atoms with Crippen molar-refractivity contribution in [2.75, 3.05) is 12.9 Å². The summed E-state index contributed by atoms with van der Waals surface area (Å²) in [6.45, 7) is 1.44. The second-order valence-electron chi connectivity index (χ2n) is 3.06. The standard InChI is InChI=1S/C8H14O5S/c1-4(9)14-3-5-6(10)7(11)8(12-2)13-5/h5-8,10-11H,3H2,1-2H3/t5-,6-,7+,8+/m0/s1. The van der Waals surface area contributed by atoms with E-state index >= 15 is 0 Å². The van der Waals surface area contributed by atoms with Crippen LogP contribution in [0.5, 0.6) is 0 Å². The van der Waals surface area contributed by atoms with Crippen molar-refractivity contribution in [3.8, 4) is 0 Å². The molecule has 0 unspecified atom stereocenters. The van der Waals surface area contributed by atoms with E-state index < -0.39 is 24.6 Å². The molecule has 0 aromatic carbocycles. The van der Waals surface area contributed by atoms with Crippen molar-refractivity contribution < 1.29 is 24.5 Å². The van der Waals surface area contributed by atoms with Gasteiger partial charge < -0.3 is 19.7 Å². The molecule has 2 N–H and O–H groups in total. The monoisotopic (exact) mass is 222 g/mol. The molecule has 0 aromatic heterocycles. The van der Waals surface area contributed by atoms with Crippen LogP contribution in [0.4, 0.5) is 0 Å². The van der Waals surface area contributed by atoms with Crippen LogP contribution in [0, 0.1) is 0 Å². The number of methoxy groups -OCH3 is 1. The fraction of sp³-hybridized carbons (Fsp3) is 0.875. The van der Waals surface area contributed by atoms with Crippen molar-refractivity contribution in [1.82, 2.24) is 0 Å². The summed E-state index contributed by atoms with van der Waals surface area (Å²) >= 11 is 1.06. The highest BCUT2D eigenvalue weighted by atomic mass is 32.2. The van der Waals surface area contributed by atoms with E-state index in [2.05, 4.69) is 0 Å². The van der Waals surface area contributed by atoms with Crippen LogP contribution >= 0.6 is 11.8 Å². The van der Waals surface area contributed by atoms with Crippen LogP contribution in [-0.4, -0.2) is 52.8 Å². The zero-order valence-corrected chi connectivity index (χ0v) is 8.86. The van der Waals surface area contributed by atoms with Crippen molar-refractivity contribution >= 4 is 16.9 Å². The lowest BCUT2D eigenvalue weighted by atomic mass is 10.2. The number of rotatable bonds is 3. The molecule has 1 aliphatic heterocycles. The van der Waals surface area contributed by atoms with Gasteiger partial charge in [0.05, 0.1) is 6.10 Å². The van der Waals surface area contributed by atoms with E-state index in [1.54, 1.807) is 0 Å². The molecule has 0 saturated carbocycles. The summed E-state index contributed by atoms with van der Waals surface area (Å²) in [7, 11) is 1.39. The van der Waals surface area contributed by atoms with Gasteiger partial charge in [-0.15, -0.1) is 0 Å². The molecule has 82 valence electrons. The summed E-state index contributed by atoms with van der Waals surface area (Å²) in [5, 5.41) is 18.8. The first kappa shape index (κ1) is 11.9. The third-order valence-corrected chi connectivity index (χ3v) is 2.90. The summed E-state index contributed by atoms with van der Waals surface area (Å²) in [4.78, 5) is 10.7. The highest BCUT2D eigenvalue weighted by molar-refractivity contribution is 8.13. The minimum atomic E-state index is -1.04. The molecule has 1 fully saturated rings. The van der Waals surface area contributed by atoms with Crippen molar-refractivity contribution in [1.29, 1.82) is 0 Å². The maximum absolute atomic E-state index is 10.7. The Morgan fingerprint density at radius 1 is 1.50 bits per heavy atom. The molecule has 14 heavy (non-hydrogen) atoms. The molecular weight excluding hydrogens is 208 g/mol. The Bertz CT molecular complexity index is 210. The molecule has 1 heterocycles. The Kier molecular flexibility index (Phi) is 4.33. The van der Waals surface area contributed by atoms with Crippen LogP contribution in [0.2, 0.25) is 0 Å². The molecule has 0 aliphatic carbocycles. The minimum absolute atomic E-state index is 0.0452. The maximum atomic E-state index is 10.7.